The smallest absolute Gasteiger partial charge is 0.457 e. The maximum absolute atomic E-state index is 8.56. The lowest BCUT2D eigenvalue weighted by molar-refractivity contribution is 0.137. The standard InChI is InChI=1S/C20H20Cl2O.CH2O3/c1-20(2)17(18(20)13-19(21)22)12-14-7-6-10-16(11-14)23-15-8-4-3-5-9-15;2-1(3)4/h3-11,13,17-18H,12H2,1-2H3;(H2,2,3,4). The second kappa shape index (κ2) is 9.16. The largest absolute Gasteiger partial charge is 0.503 e. The van der Waals surface area contributed by atoms with E-state index in [0.29, 0.717) is 16.3 Å². The van der Waals surface area contributed by atoms with Gasteiger partial charge in [-0.05, 0) is 53.5 Å². The summed E-state index contributed by atoms with van der Waals surface area (Å²) in [5, 5.41) is 13.9. The first-order chi connectivity index (χ1) is 12.7. The van der Waals surface area contributed by atoms with Gasteiger partial charge < -0.3 is 14.9 Å². The minimum absolute atomic E-state index is 0.241. The number of para-hydroxylation sites is 1. The first-order valence-electron chi connectivity index (χ1n) is 8.46. The summed E-state index contributed by atoms with van der Waals surface area (Å²) < 4.78 is 6.28. The molecule has 1 aliphatic rings. The molecule has 0 radical (unpaired) electrons. The average Bonchev–Trinajstić information content (AvgIpc) is 3.07. The molecule has 2 atom stereocenters. The SMILES string of the molecule is CC1(C)C(C=C(Cl)Cl)C1Cc1cccc(Oc2ccccc2)c1.O=C(O)O. The summed E-state index contributed by atoms with van der Waals surface area (Å²) in [4.78, 5) is 8.56. The Bertz CT molecular complexity index is 795. The fraction of sp³-hybridized carbons (Fsp3) is 0.286. The van der Waals surface area contributed by atoms with Gasteiger partial charge in [0.1, 0.15) is 16.0 Å². The lowest BCUT2D eigenvalue weighted by Gasteiger charge is -2.08. The predicted molar refractivity (Wildman–Crippen MR) is 108 cm³/mol. The van der Waals surface area contributed by atoms with Gasteiger partial charge in [-0.25, -0.2) is 4.79 Å². The zero-order chi connectivity index (χ0) is 20.0. The molecule has 27 heavy (non-hydrogen) atoms. The van der Waals surface area contributed by atoms with Gasteiger partial charge in [-0.15, -0.1) is 0 Å². The number of rotatable bonds is 5. The van der Waals surface area contributed by atoms with Crippen molar-refractivity contribution in [1.82, 2.24) is 0 Å². The van der Waals surface area contributed by atoms with Gasteiger partial charge in [0, 0.05) is 0 Å². The highest BCUT2D eigenvalue weighted by molar-refractivity contribution is 6.55. The van der Waals surface area contributed by atoms with Crippen LogP contribution in [0.2, 0.25) is 0 Å². The molecule has 3 rings (SSSR count). The number of carbonyl (C=O) groups is 1. The molecule has 2 aromatic carbocycles. The molecule has 0 aliphatic heterocycles. The molecule has 144 valence electrons. The van der Waals surface area contributed by atoms with Crippen LogP contribution >= 0.6 is 23.2 Å². The molecular weight excluding hydrogens is 387 g/mol. The van der Waals surface area contributed by atoms with Crippen molar-refractivity contribution < 1.29 is 19.7 Å². The number of allylic oxidation sites excluding steroid dienone is 1. The minimum atomic E-state index is -1.83. The van der Waals surface area contributed by atoms with Crippen molar-refractivity contribution in [2.75, 3.05) is 0 Å². The Morgan fingerprint density at radius 1 is 1.07 bits per heavy atom. The molecule has 1 fully saturated rings. The van der Waals surface area contributed by atoms with Crippen molar-refractivity contribution in [3.05, 3.63) is 70.7 Å². The summed E-state index contributed by atoms with van der Waals surface area (Å²) in [6, 6.07) is 18.1. The molecule has 0 heterocycles. The molecule has 2 aromatic rings. The van der Waals surface area contributed by atoms with Gasteiger partial charge in [0.25, 0.3) is 0 Å². The van der Waals surface area contributed by atoms with Crippen LogP contribution in [0, 0.1) is 17.3 Å². The van der Waals surface area contributed by atoms with Crippen molar-refractivity contribution in [2.24, 2.45) is 17.3 Å². The third-order valence-corrected chi connectivity index (χ3v) is 5.03. The van der Waals surface area contributed by atoms with Crippen molar-refractivity contribution >= 4 is 29.4 Å². The molecule has 2 N–H and O–H groups in total. The fourth-order valence-corrected chi connectivity index (χ4v) is 3.53. The van der Waals surface area contributed by atoms with E-state index in [1.54, 1.807) is 0 Å². The number of carboxylic acid groups (broad SMARTS) is 2. The van der Waals surface area contributed by atoms with E-state index in [1.165, 1.54) is 5.56 Å². The highest BCUT2D eigenvalue weighted by atomic mass is 35.5. The topological polar surface area (TPSA) is 66.8 Å². The molecule has 0 spiro atoms. The zero-order valence-electron chi connectivity index (χ0n) is 15.1. The molecule has 0 amide bonds. The second-order valence-corrected chi connectivity index (χ2v) is 7.97. The van der Waals surface area contributed by atoms with E-state index in [4.69, 9.17) is 42.9 Å². The first kappa shape index (κ1) is 21.1. The third kappa shape index (κ3) is 6.49. The first-order valence-corrected chi connectivity index (χ1v) is 9.22. The highest BCUT2D eigenvalue weighted by Crippen LogP contribution is 2.61. The average molecular weight is 409 g/mol. The molecule has 1 aliphatic carbocycles. The van der Waals surface area contributed by atoms with Crippen molar-refractivity contribution in [1.29, 1.82) is 0 Å². The van der Waals surface area contributed by atoms with Crippen LogP contribution < -0.4 is 4.74 Å². The van der Waals surface area contributed by atoms with Crippen LogP contribution in [-0.4, -0.2) is 16.4 Å². The van der Waals surface area contributed by atoms with E-state index >= 15 is 0 Å². The molecule has 1 saturated carbocycles. The fourth-order valence-electron chi connectivity index (χ4n) is 3.26. The van der Waals surface area contributed by atoms with Gasteiger partial charge in [0.2, 0.25) is 0 Å². The molecular formula is C21H22Cl2O4. The Kier molecular flexibility index (Phi) is 7.17. The number of hydrogen-bond donors (Lipinski definition) is 2. The summed E-state index contributed by atoms with van der Waals surface area (Å²) in [6.45, 7) is 4.53. The molecule has 0 aromatic heterocycles. The van der Waals surface area contributed by atoms with Crippen LogP contribution in [0.3, 0.4) is 0 Å². The Balaban J connectivity index is 0.000000596. The van der Waals surface area contributed by atoms with Gasteiger partial charge in [0.15, 0.2) is 0 Å². The van der Waals surface area contributed by atoms with Crippen LogP contribution in [0.4, 0.5) is 4.79 Å². The van der Waals surface area contributed by atoms with Gasteiger partial charge in [-0.3, -0.25) is 0 Å². The zero-order valence-corrected chi connectivity index (χ0v) is 16.6. The lowest BCUT2D eigenvalue weighted by Crippen LogP contribution is -1.95. The Morgan fingerprint density at radius 2 is 1.67 bits per heavy atom. The monoisotopic (exact) mass is 408 g/mol. The Morgan fingerprint density at radius 3 is 2.26 bits per heavy atom. The highest BCUT2D eigenvalue weighted by Gasteiger charge is 2.55. The van der Waals surface area contributed by atoms with Gasteiger partial charge in [-0.2, -0.15) is 0 Å². The summed E-state index contributed by atoms with van der Waals surface area (Å²) in [5.74, 6) is 2.72. The Labute approximate surface area is 169 Å². The van der Waals surface area contributed by atoms with E-state index < -0.39 is 6.16 Å². The summed E-state index contributed by atoms with van der Waals surface area (Å²) in [7, 11) is 0. The van der Waals surface area contributed by atoms with Crippen LogP contribution in [-0.2, 0) is 6.42 Å². The maximum atomic E-state index is 8.56. The minimum Gasteiger partial charge on any atom is -0.457 e. The van der Waals surface area contributed by atoms with Gasteiger partial charge in [-0.1, -0.05) is 73.5 Å². The van der Waals surface area contributed by atoms with Crippen molar-refractivity contribution in [3.8, 4) is 11.5 Å². The van der Waals surface area contributed by atoms with E-state index in [1.807, 2.05) is 48.5 Å². The quantitative estimate of drug-likeness (QED) is 0.568. The van der Waals surface area contributed by atoms with E-state index in [-0.39, 0.29) is 5.41 Å². The lowest BCUT2D eigenvalue weighted by atomic mass is 10.0. The van der Waals surface area contributed by atoms with Crippen LogP contribution in [0.1, 0.15) is 19.4 Å². The van der Waals surface area contributed by atoms with Crippen molar-refractivity contribution in [3.63, 3.8) is 0 Å². The predicted octanol–water partition coefficient (Wildman–Crippen LogP) is 6.84. The van der Waals surface area contributed by atoms with Gasteiger partial charge >= 0.3 is 6.16 Å². The molecule has 0 bridgehead atoms. The number of halogens is 2. The number of ether oxygens (including phenoxy) is 1. The van der Waals surface area contributed by atoms with Crippen LogP contribution in [0.5, 0.6) is 11.5 Å². The van der Waals surface area contributed by atoms with Crippen LogP contribution in [0.15, 0.2) is 65.2 Å². The molecule has 0 saturated heterocycles. The molecule has 2 unspecified atom stereocenters. The summed E-state index contributed by atoms with van der Waals surface area (Å²) in [5.41, 5.74) is 1.52. The maximum Gasteiger partial charge on any atom is 0.503 e. The number of benzene rings is 2. The van der Waals surface area contributed by atoms with Crippen molar-refractivity contribution in [2.45, 2.75) is 20.3 Å². The van der Waals surface area contributed by atoms with E-state index in [9.17, 15) is 0 Å². The van der Waals surface area contributed by atoms with Crippen LogP contribution in [0.25, 0.3) is 0 Å². The second-order valence-electron chi connectivity index (χ2n) is 6.96. The number of hydrogen-bond acceptors (Lipinski definition) is 2. The summed E-state index contributed by atoms with van der Waals surface area (Å²) in [6.07, 6.45) is 1.14. The molecule has 4 nitrogen and oxygen atoms in total. The normalized spacial score (nSPS) is 19.3. The third-order valence-electron chi connectivity index (χ3n) is 4.78. The van der Waals surface area contributed by atoms with Gasteiger partial charge in [0.05, 0.1) is 0 Å². The Hall–Kier alpha value is -2.17. The molecule has 6 heteroatoms. The van der Waals surface area contributed by atoms with E-state index in [2.05, 4.69) is 26.0 Å². The summed E-state index contributed by atoms with van der Waals surface area (Å²) >= 11 is 11.7. The van der Waals surface area contributed by atoms with E-state index in [0.717, 1.165) is 17.9 Å².